The molecule has 0 aliphatic rings. The SMILES string of the molecule is CCc1cnc(CNCc2cccc(OC)n2)s1. The van der Waals surface area contributed by atoms with Gasteiger partial charge in [0.1, 0.15) is 5.01 Å². The van der Waals surface area contributed by atoms with Gasteiger partial charge in [0.2, 0.25) is 5.88 Å². The van der Waals surface area contributed by atoms with Crippen LogP contribution in [-0.2, 0) is 19.5 Å². The highest BCUT2D eigenvalue weighted by Crippen LogP contribution is 2.13. The van der Waals surface area contributed by atoms with Gasteiger partial charge in [-0.15, -0.1) is 11.3 Å². The zero-order valence-corrected chi connectivity index (χ0v) is 11.5. The van der Waals surface area contributed by atoms with E-state index >= 15 is 0 Å². The number of hydrogen-bond acceptors (Lipinski definition) is 5. The van der Waals surface area contributed by atoms with Crippen LogP contribution >= 0.6 is 11.3 Å². The fourth-order valence-electron chi connectivity index (χ4n) is 1.56. The number of thiazole rings is 1. The number of aryl methyl sites for hydroxylation is 1. The second-order valence-corrected chi connectivity index (χ2v) is 5.05. The van der Waals surface area contributed by atoms with Gasteiger partial charge in [-0.25, -0.2) is 9.97 Å². The van der Waals surface area contributed by atoms with Gasteiger partial charge in [-0.05, 0) is 12.5 Å². The van der Waals surface area contributed by atoms with Crippen molar-refractivity contribution in [3.8, 4) is 5.88 Å². The molecule has 0 bridgehead atoms. The molecule has 5 heteroatoms. The fourth-order valence-corrected chi connectivity index (χ4v) is 2.39. The molecule has 0 aliphatic heterocycles. The van der Waals surface area contributed by atoms with Gasteiger partial charge in [-0.1, -0.05) is 13.0 Å². The number of methoxy groups -OCH3 is 1. The Morgan fingerprint density at radius 2 is 2.22 bits per heavy atom. The maximum absolute atomic E-state index is 5.09. The van der Waals surface area contributed by atoms with E-state index < -0.39 is 0 Å². The van der Waals surface area contributed by atoms with Crippen molar-refractivity contribution < 1.29 is 4.74 Å². The Morgan fingerprint density at radius 1 is 1.33 bits per heavy atom. The van der Waals surface area contributed by atoms with Crippen LogP contribution in [0.25, 0.3) is 0 Å². The third-order valence-electron chi connectivity index (χ3n) is 2.52. The summed E-state index contributed by atoms with van der Waals surface area (Å²) in [6, 6.07) is 5.77. The third-order valence-corrected chi connectivity index (χ3v) is 3.66. The molecule has 0 radical (unpaired) electrons. The Hall–Kier alpha value is -1.46. The van der Waals surface area contributed by atoms with Crippen molar-refractivity contribution in [3.05, 3.63) is 40.0 Å². The number of nitrogens with zero attached hydrogens (tertiary/aromatic N) is 2. The zero-order chi connectivity index (χ0) is 12.8. The normalized spacial score (nSPS) is 10.6. The molecule has 96 valence electrons. The summed E-state index contributed by atoms with van der Waals surface area (Å²) in [5, 5.41) is 4.46. The fraction of sp³-hybridized carbons (Fsp3) is 0.385. The molecule has 2 heterocycles. The maximum atomic E-state index is 5.09. The molecular formula is C13H17N3OS. The van der Waals surface area contributed by atoms with Gasteiger partial charge in [-0.3, -0.25) is 0 Å². The summed E-state index contributed by atoms with van der Waals surface area (Å²) in [6.07, 6.45) is 3.00. The van der Waals surface area contributed by atoms with Crippen LogP contribution in [0.3, 0.4) is 0 Å². The van der Waals surface area contributed by atoms with Crippen LogP contribution in [0.4, 0.5) is 0 Å². The first kappa shape index (κ1) is 13.0. The van der Waals surface area contributed by atoms with Crippen molar-refractivity contribution in [2.45, 2.75) is 26.4 Å². The van der Waals surface area contributed by atoms with Crippen molar-refractivity contribution >= 4 is 11.3 Å². The summed E-state index contributed by atoms with van der Waals surface area (Å²) in [5.74, 6) is 0.650. The van der Waals surface area contributed by atoms with Crippen LogP contribution in [0, 0.1) is 0 Å². The molecule has 0 amide bonds. The molecule has 2 rings (SSSR count). The molecule has 0 saturated heterocycles. The van der Waals surface area contributed by atoms with Crippen LogP contribution in [-0.4, -0.2) is 17.1 Å². The highest BCUT2D eigenvalue weighted by molar-refractivity contribution is 7.11. The minimum Gasteiger partial charge on any atom is -0.481 e. The molecule has 2 aromatic rings. The zero-order valence-electron chi connectivity index (χ0n) is 10.6. The molecule has 0 aliphatic carbocycles. The van der Waals surface area contributed by atoms with E-state index in [-0.39, 0.29) is 0 Å². The predicted molar refractivity (Wildman–Crippen MR) is 72.8 cm³/mol. The molecule has 0 aromatic carbocycles. The summed E-state index contributed by atoms with van der Waals surface area (Å²) in [4.78, 5) is 10.0. The number of hydrogen-bond donors (Lipinski definition) is 1. The molecule has 2 aromatic heterocycles. The summed E-state index contributed by atoms with van der Waals surface area (Å²) in [6.45, 7) is 3.65. The lowest BCUT2D eigenvalue weighted by Gasteiger charge is -2.04. The minimum absolute atomic E-state index is 0.650. The lowest BCUT2D eigenvalue weighted by Crippen LogP contribution is -2.13. The lowest BCUT2D eigenvalue weighted by atomic mass is 10.3. The van der Waals surface area contributed by atoms with E-state index in [1.165, 1.54) is 4.88 Å². The molecule has 0 spiro atoms. The van der Waals surface area contributed by atoms with E-state index in [1.807, 2.05) is 24.4 Å². The number of aromatic nitrogens is 2. The number of nitrogens with one attached hydrogen (secondary N) is 1. The van der Waals surface area contributed by atoms with Crippen molar-refractivity contribution in [1.82, 2.24) is 15.3 Å². The number of ether oxygens (including phenoxy) is 1. The molecule has 18 heavy (non-hydrogen) atoms. The Bertz CT molecular complexity index is 498. The molecule has 0 unspecified atom stereocenters. The average molecular weight is 263 g/mol. The lowest BCUT2D eigenvalue weighted by molar-refractivity contribution is 0.395. The Kier molecular flexibility index (Phi) is 4.66. The van der Waals surface area contributed by atoms with Crippen molar-refractivity contribution in [2.24, 2.45) is 0 Å². The van der Waals surface area contributed by atoms with Crippen molar-refractivity contribution in [3.63, 3.8) is 0 Å². The molecule has 1 N–H and O–H groups in total. The van der Waals surface area contributed by atoms with Gasteiger partial charge in [0, 0.05) is 30.2 Å². The van der Waals surface area contributed by atoms with E-state index in [2.05, 4.69) is 22.2 Å². The van der Waals surface area contributed by atoms with Gasteiger partial charge in [0.05, 0.1) is 12.8 Å². The topological polar surface area (TPSA) is 47.0 Å². The van der Waals surface area contributed by atoms with E-state index in [0.29, 0.717) is 5.88 Å². The standard InChI is InChI=1S/C13H17N3OS/c1-3-11-8-15-13(18-11)9-14-7-10-5-4-6-12(16-10)17-2/h4-6,8,14H,3,7,9H2,1-2H3. The molecule has 4 nitrogen and oxygen atoms in total. The maximum Gasteiger partial charge on any atom is 0.213 e. The summed E-state index contributed by atoms with van der Waals surface area (Å²) in [7, 11) is 1.63. The van der Waals surface area contributed by atoms with Crippen LogP contribution in [0.15, 0.2) is 24.4 Å². The van der Waals surface area contributed by atoms with Gasteiger partial charge >= 0.3 is 0 Å². The van der Waals surface area contributed by atoms with Crippen molar-refractivity contribution in [2.75, 3.05) is 7.11 Å². The van der Waals surface area contributed by atoms with Gasteiger partial charge in [-0.2, -0.15) is 0 Å². The van der Waals surface area contributed by atoms with Crippen LogP contribution in [0.2, 0.25) is 0 Å². The predicted octanol–water partition coefficient (Wildman–Crippen LogP) is 2.40. The van der Waals surface area contributed by atoms with E-state index in [0.717, 1.165) is 30.2 Å². The van der Waals surface area contributed by atoms with E-state index in [4.69, 9.17) is 4.74 Å². The smallest absolute Gasteiger partial charge is 0.213 e. The monoisotopic (exact) mass is 263 g/mol. The van der Waals surface area contributed by atoms with E-state index in [9.17, 15) is 0 Å². The molecule has 0 atom stereocenters. The van der Waals surface area contributed by atoms with E-state index in [1.54, 1.807) is 18.4 Å². The highest BCUT2D eigenvalue weighted by Gasteiger charge is 2.01. The second-order valence-electron chi connectivity index (χ2n) is 3.85. The largest absolute Gasteiger partial charge is 0.481 e. The van der Waals surface area contributed by atoms with Gasteiger partial charge in [0.25, 0.3) is 0 Å². The summed E-state index contributed by atoms with van der Waals surface area (Å²) in [5.41, 5.74) is 0.974. The second kappa shape index (κ2) is 6.47. The Balaban J connectivity index is 1.84. The molecular weight excluding hydrogens is 246 g/mol. The summed E-state index contributed by atoms with van der Waals surface area (Å²) >= 11 is 1.76. The first-order valence-electron chi connectivity index (χ1n) is 5.96. The van der Waals surface area contributed by atoms with Crippen LogP contribution in [0.1, 0.15) is 22.5 Å². The number of rotatable bonds is 6. The third kappa shape index (κ3) is 3.51. The Labute approximate surface area is 111 Å². The highest BCUT2D eigenvalue weighted by atomic mass is 32.1. The average Bonchev–Trinajstić information content (AvgIpc) is 2.87. The Morgan fingerprint density at radius 3 is 2.94 bits per heavy atom. The van der Waals surface area contributed by atoms with Gasteiger partial charge in [0.15, 0.2) is 0 Å². The van der Waals surface area contributed by atoms with Crippen molar-refractivity contribution in [1.29, 1.82) is 0 Å². The number of pyridine rings is 1. The van der Waals surface area contributed by atoms with Crippen LogP contribution < -0.4 is 10.1 Å². The van der Waals surface area contributed by atoms with Crippen LogP contribution in [0.5, 0.6) is 5.88 Å². The first-order valence-corrected chi connectivity index (χ1v) is 6.77. The van der Waals surface area contributed by atoms with Gasteiger partial charge < -0.3 is 10.1 Å². The quantitative estimate of drug-likeness (QED) is 0.869. The molecule has 0 saturated carbocycles. The summed E-state index contributed by atoms with van der Waals surface area (Å²) < 4.78 is 5.09. The first-order chi connectivity index (χ1) is 8.81. The minimum atomic E-state index is 0.650. The molecule has 0 fully saturated rings.